The molecule has 0 saturated carbocycles. The van der Waals surface area contributed by atoms with Crippen LogP contribution in [0.3, 0.4) is 0 Å². The molecule has 160 valence electrons. The van der Waals surface area contributed by atoms with Crippen molar-refractivity contribution in [2.45, 2.75) is 33.0 Å². The number of nitrogens with one attached hydrogen (secondary N) is 1. The van der Waals surface area contributed by atoms with Crippen LogP contribution >= 0.6 is 0 Å². The van der Waals surface area contributed by atoms with E-state index in [2.05, 4.69) is 38.1 Å². The molecule has 0 unspecified atom stereocenters. The Balaban J connectivity index is 1.81. The Morgan fingerprint density at radius 2 is 1.58 bits per heavy atom. The number of methoxy groups -OCH3 is 1. The summed E-state index contributed by atoms with van der Waals surface area (Å²) < 4.78 is 10.8. The van der Waals surface area contributed by atoms with Crippen molar-refractivity contribution in [3.8, 4) is 11.1 Å². The van der Waals surface area contributed by atoms with E-state index in [0.717, 1.165) is 22.3 Å². The van der Waals surface area contributed by atoms with Gasteiger partial charge >= 0.3 is 5.97 Å². The van der Waals surface area contributed by atoms with Crippen LogP contribution in [0.4, 0.5) is 0 Å². The third-order valence-electron chi connectivity index (χ3n) is 5.10. The lowest BCUT2D eigenvalue weighted by atomic mass is 9.98. The summed E-state index contributed by atoms with van der Waals surface area (Å²) in [5, 5.41) is 7.67. The van der Waals surface area contributed by atoms with Crippen LogP contribution in [0.1, 0.15) is 52.4 Å². The van der Waals surface area contributed by atoms with Crippen LogP contribution in [0.25, 0.3) is 11.1 Å². The van der Waals surface area contributed by atoms with Gasteiger partial charge in [-0.25, -0.2) is 4.79 Å². The first kappa shape index (κ1) is 22.2. The lowest BCUT2D eigenvalue weighted by molar-refractivity contribution is 0.0600. The highest BCUT2D eigenvalue weighted by molar-refractivity contribution is 5.96. The molecule has 0 aromatic heterocycles. The number of carbonyl (C=O) groups is 1. The summed E-state index contributed by atoms with van der Waals surface area (Å²) in [5.41, 5.74) is 11.7. The second kappa shape index (κ2) is 10.0. The molecular weight excluding hydrogens is 388 g/mol. The zero-order chi connectivity index (χ0) is 22.4. The van der Waals surface area contributed by atoms with Gasteiger partial charge in [0.25, 0.3) is 0 Å². The Bertz CT molecular complexity index is 1070. The van der Waals surface area contributed by atoms with Crippen LogP contribution in [0.15, 0.2) is 66.7 Å². The first-order chi connectivity index (χ1) is 14.9. The summed E-state index contributed by atoms with van der Waals surface area (Å²) in [6.45, 7) is 5.18. The first-order valence-electron chi connectivity index (χ1n) is 10.2. The molecule has 3 N–H and O–H groups in total. The standard InChI is InChI=1S/C26H28N2O3/c1-17(2)20-9-7-18(8-10-20)15-31-16-19-11-23(14-24(12-19)26(29)30-3)21-5-4-6-22(13-21)25(27)28/h4-14,17H,15-16H2,1-3H3,(H3,27,28). The molecule has 0 radical (unpaired) electrons. The van der Waals surface area contributed by atoms with Crippen molar-refractivity contribution >= 4 is 11.8 Å². The summed E-state index contributed by atoms with van der Waals surface area (Å²) in [6.07, 6.45) is 0. The Kier molecular flexibility index (Phi) is 7.21. The molecule has 0 aliphatic carbocycles. The van der Waals surface area contributed by atoms with Gasteiger partial charge in [0.05, 0.1) is 25.9 Å². The molecule has 3 rings (SSSR count). The molecule has 0 heterocycles. The summed E-state index contributed by atoms with van der Waals surface area (Å²) in [4.78, 5) is 12.2. The SMILES string of the molecule is COC(=O)c1cc(COCc2ccc(C(C)C)cc2)cc(-c2cccc(C(=N)N)c2)c1. The van der Waals surface area contributed by atoms with Gasteiger partial charge in [-0.1, -0.05) is 56.3 Å². The minimum absolute atomic E-state index is 0.00184. The first-order valence-corrected chi connectivity index (χ1v) is 10.2. The van der Waals surface area contributed by atoms with Crippen LogP contribution in [-0.4, -0.2) is 18.9 Å². The van der Waals surface area contributed by atoms with Crippen molar-refractivity contribution < 1.29 is 14.3 Å². The summed E-state index contributed by atoms with van der Waals surface area (Å²) in [7, 11) is 1.36. The second-order valence-corrected chi connectivity index (χ2v) is 7.79. The fourth-order valence-electron chi connectivity index (χ4n) is 3.33. The Morgan fingerprint density at radius 1 is 0.903 bits per heavy atom. The van der Waals surface area contributed by atoms with Crippen LogP contribution in [0.2, 0.25) is 0 Å². The maximum absolute atomic E-state index is 12.2. The maximum atomic E-state index is 12.2. The average molecular weight is 417 g/mol. The van der Waals surface area contributed by atoms with E-state index >= 15 is 0 Å². The van der Waals surface area contributed by atoms with Crippen molar-refractivity contribution in [2.75, 3.05) is 7.11 Å². The van der Waals surface area contributed by atoms with Crippen molar-refractivity contribution in [2.24, 2.45) is 5.73 Å². The molecule has 5 nitrogen and oxygen atoms in total. The van der Waals surface area contributed by atoms with E-state index in [1.54, 1.807) is 18.2 Å². The largest absolute Gasteiger partial charge is 0.465 e. The number of amidine groups is 1. The van der Waals surface area contributed by atoms with E-state index in [1.165, 1.54) is 12.7 Å². The van der Waals surface area contributed by atoms with Gasteiger partial charge in [-0.3, -0.25) is 5.41 Å². The molecule has 0 fully saturated rings. The number of hydrogen-bond acceptors (Lipinski definition) is 4. The van der Waals surface area contributed by atoms with E-state index in [4.69, 9.17) is 20.6 Å². The number of benzene rings is 3. The lowest BCUT2D eigenvalue weighted by Gasteiger charge is -2.11. The van der Waals surface area contributed by atoms with Crippen molar-refractivity contribution in [3.63, 3.8) is 0 Å². The Hall–Kier alpha value is -3.44. The number of ether oxygens (including phenoxy) is 2. The lowest BCUT2D eigenvalue weighted by Crippen LogP contribution is -2.10. The zero-order valence-corrected chi connectivity index (χ0v) is 18.1. The van der Waals surface area contributed by atoms with E-state index in [-0.39, 0.29) is 5.84 Å². The second-order valence-electron chi connectivity index (χ2n) is 7.79. The van der Waals surface area contributed by atoms with Gasteiger partial charge in [-0.2, -0.15) is 0 Å². The van der Waals surface area contributed by atoms with Gasteiger partial charge in [0, 0.05) is 5.56 Å². The van der Waals surface area contributed by atoms with Crippen LogP contribution in [-0.2, 0) is 22.7 Å². The average Bonchev–Trinajstić information content (AvgIpc) is 2.78. The molecule has 0 atom stereocenters. The molecule has 0 saturated heterocycles. The number of nitrogens with two attached hydrogens (primary N) is 1. The molecule has 0 amide bonds. The molecule has 0 aliphatic heterocycles. The van der Waals surface area contributed by atoms with Gasteiger partial charge < -0.3 is 15.2 Å². The van der Waals surface area contributed by atoms with E-state index in [9.17, 15) is 4.79 Å². The quantitative estimate of drug-likeness (QED) is 0.298. The molecule has 0 spiro atoms. The summed E-state index contributed by atoms with van der Waals surface area (Å²) in [5.74, 6) is 0.0871. The predicted molar refractivity (Wildman–Crippen MR) is 123 cm³/mol. The molecule has 3 aromatic carbocycles. The van der Waals surface area contributed by atoms with Crippen LogP contribution < -0.4 is 5.73 Å². The van der Waals surface area contributed by atoms with Gasteiger partial charge in [0.15, 0.2) is 0 Å². The van der Waals surface area contributed by atoms with Crippen molar-refractivity contribution in [3.05, 3.63) is 94.5 Å². The van der Waals surface area contributed by atoms with Crippen molar-refractivity contribution in [1.82, 2.24) is 0 Å². The Labute approximate surface area is 183 Å². The van der Waals surface area contributed by atoms with E-state index < -0.39 is 5.97 Å². The predicted octanol–water partition coefficient (Wildman–Crippen LogP) is 5.26. The third-order valence-corrected chi connectivity index (χ3v) is 5.10. The number of nitrogen functional groups attached to an aromatic ring is 1. The van der Waals surface area contributed by atoms with Gasteiger partial charge in [-0.15, -0.1) is 0 Å². The fraction of sp³-hybridized carbons (Fsp3) is 0.231. The van der Waals surface area contributed by atoms with Gasteiger partial charge in [0.1, 0.15) is 5.84 Å². The summed E-state index contributed by atoms with van der Waals surface area (Å²) in [6, 6.07) is 21.3. The van der Waals surface area contributed by atoms with Gasteiger partial charge in [0.2, 0.25) is 0 Å². The molecule has 31 heavy (non-hydrogen) atoms. The highest BCUT2D eigenvalue weighted by Crippen LogP contribution is 2.25. The molecule has 0 aliphatic rings. The Morgan fingerprint density at radius 3 is 2.23 bits per heavy atom. The minimum atomic E-state index is -0.407. The molecule has 3 aromatic rings. The molecular formula is C26H28N2O3. The fourth-order valence-corrected chi connectivity index (χ4v) is 3.33. The smallest absolute Gasteiger partial charge is 0.337 e. The monoisotopic (exact) mass is 416 g/mol. The topological polar surface area (TPSA) is 85.4 Å². The van der Waals surface area contributed by atoms with Gasteiger partial charge in [-0.05, 0) is 58.0 Å². The van der Waals surface area contributed by atoms with Crippen LogP contribution in [0, 0.1) is 5.41 Å². The highest BCUT2D eigenvalue weighted by atomic mass is 16.5. The number of esters is 1. The summed E-state index contributed by atoms with van der Waals surface area (Å²) >= 11 is 0. The molecule has 0 bridgehead atoms. The highest BCUT2D eigenvalue weighted by Gasteiger charge is 2.11. The number of rotatable bonds is 8. The van der Waals surface area contributed by atoms with Crippen molar-refractivity contribution in [1.29, 1.82) is 5.41 Å². The number of hydrogen-bond donors (Lipinski definition) is 2. The number of carbonyl (C=O) groups excluding carboxylic acids is 1. The third kappa shape index (κ3) is 5.80. The van der Waals surface area contributed by atoms with E-state index in [0.29, 0.717) is 30.3 Å². The normalized spacial score (nSPS) is 10.8. The zero-order valence-electron chi connectivity index (χ0n) is 18.1. The minimum Gasteiger partial charge on any atom is -0.465 e. The van der Waals surface area contributed by atoms with Crippen LogP contribution in [0.5, 0.6) is 0 Å². The maximum Gasteiger partial charge on any atom is 0.337 e. The van der Waals surface area contributed by atoms with E-state index in [1.807, 2.05) is 24.3 Å². The molecule has 5 heteroatoms.